The van der Waals surface area contributed by atoms with Crippen molar-refractivity contribution in [2.45, 2.75) is 78.6 Å². The number of aromatic amines is 2. The molecule has 2 saturated carbocycles. The summed E-state index contributed by atoms with van der Waals surface area (Å²) in [6, 6.07) is 18.5. The van der Waals surface area contributed by atoms with Gasteiger partial charge in [0.15, 0.2) is 17.1 Å². The van der Waals surface area contributed by atoms with Gasteiger partial charge in [-0.25, -0.2) is 55.2 Å². The number of aromatic nitrogens is 8. The standard InChI is InChI=1S/C56H44N8O11S3.3Na.Zn/c1-55-18-16-35-34-11-6-30(65)21-29(34)5-10-36(35)46(55)17-20-56(55,66)19-15-27-3-2-4-28-22-41-45(26-40(27)28)54-62-49-37-12-7-31(76(67,68)69)23-42(37)51(59-49)58-48-39-14-9-33(78(73,74)75)25-44(39)53(61-48)64-52-43-24-32(77(70,71)72)8-13-38(43)47(60-52)57-50(41)63-54;;;;/h2-4,6-9,11-14,21-26,35-37,45-46,65-66H,5,10,16-18,20H2,1H3,(H,59,62,63)(H,67,68,69)(H,70,71,72)(H,73,74,75)(H,57,58,60,61,64);;;;/q;3*+1;/p-3/t35-,36-,37?,45?,46+,55+,56-;;;;/m1..../s1. The van der Waals surface area contributed by atoms with Gasteiger partial charge in [0.25, 0.3) is 0 Å². The third kappa shape index (κ3) is 10.0. The van der Waals surface area contributed by atoms with Crippen LogP contribution >= 0.6 is 0 Å². The summed E-state index contributed by atoms with van der Waals surface area (Å²) in [6.45, 7) is 2.19. The Labute approximate surface area is 548 Å². The van der Waals surface area contributed by atoms with Gasteiger partial charge in [-0.1, -0.05) is 49.1 Å². The minimum Gasteiger partial charge on any atom is -0.744 e. The summed E-state index contributed by atoms with van der Waals surface area (Å²) < 4.78 is 112. The average molecular weight is 1230 g/mol. The first-order valence-corrected chi connectivity index (χ1v) is 29.3. The molecule has 19 nitrogen and oxygen atoms in total. The number of aromatic hydroxyl groups is 1. The molecular formula is C56H41N8Na3O11S3Zn. The van der Waals surface area contributed by atoms with Crippen LogP contribution in [0.4, 0.5) is 0 Å². The van der Waals surface area contributed by atoms with E-state index in [9.17, 15) is 49.1 Å². The summed E-state index contributed by atoms with van der Waals surface area (Å²) in [7, 11) is -15.0. The van der Waals surface area contributed by atoms with Crippen molar-refractivity contribution in [3.05, 3.63) is 146 Å². The Morgan fingerprint density at radius 3 is 2.22 bits per heavy atom. The number of H-pyrrole nitrogens is 2. The number of allylic oxidation sites excluding steroid dienone is 3. The minimum absolute atomic E-state index is 0. The van der Waals surface area contributed by atoms with Crippen LogP contribution in [-0.2, 0) is 56.3 Å². The average Bonchev–Trinajstić information content (AvgIpc) is 4.40. The Bertz CT molecular complexity index is 4820. The van der Waals surface area contributed by atoms with Crippen molar-refractivity contribution in [3.63, 3.8) is 0 Å². The maximum Gasteiger partial charge on any atom is 1.00 e. The van der Waals surface area contributed by atoms with Gasteiger partial charge in [-0.3, -0.25) is 0 Å². The van der Waals surface area contributed by atoms with Gasteiger partial charge < -0.3 is 33.8 Å². The van der Waals surface area contributed by atoms with Gasteiger partial charge in [-0.2, -0.15) is 0 Å². The Kier molecular flexibility index (Phi) is 16.1. The Morgan fingerprint density at radius 1 is 0.707 bits per heavy atom. The van der Waals surface area contributed by atoms with E-state index in [2.05, 4.69) is 39.8 Å². The summed E-state index contributed by atoms with van der Waals surface area (Å²) in [5.74, 6) is 6.83. The van der Waals surface area contributed by atoms with E-state index in [0.29, 0.717) is 34.8 Å². The molecule has 82 heavy (non-hydrogen) atoms. The van der Waals surface area contributed by atoms with E-state index in [0.717, 1.165) is 66.8 Å². The number of rotatable bonds is 3. The van der Waals surface area contributed by atoms with Gasteiger partial charge in [0, 0.05) is 63.5 Å². The van der Waals surface area contributed by atoms with E-state index in [4.69, 9.17) is 24.9 Å². The maximum atomic E-state index is 12.7. The van der Waals surface area contributed by atoms with Crippen molar-refractivity contribution >= 4 is 75.7 Å². The number of fused-ring (bicyclic) bond motifs is 24. The van der Waals surface area contributed by atoms with E-state index < -0.39 is 67.9 Å². The van der Waals surface area contributed by atoms with Crippen LogP contribution in [0, 0.1) is 29.1 Å². The van der Waals surface area contributed by atoms with Crippen molar-refractivity contribution in [2.24, 2.45) is 17.3 Å². The molecule has 4 aromatic carbocycles. The van der Waals surface area contributed by atoms with E-state index in [1.54, 1.807) is 6.07 Å². The van der Waals surface area contributed by atoms with E-state index in [1.165, 1.54) is 41.5 Å². The quantitative estimate of drug-likeness (QED) is 0.0728. The molecule has 0 amide bonds. The molecule has 2 unspecified atom stereocenters. The van der Waals surface area contributed by atoms with Crippen molar-refractivity contribution in [1.82, 2.24) is 39.9 Å². The number of nitrogens with zero attached hydrogens (tertiary/aromatic N) is 6. The van der Waals surface area contributed by atoms with E-state index in [-0.39, 0.29) is 187 Å². The topological polar surface area (TPSA) is 321 Å². The largest absolute Gasteiger partial charge is 1.00 e. The molecule has 2 aromatic heterocycles. The summed E-state index contributed by atoms with van der Waals surface area (Å²) in [4.78, 5) is 33.9. The zero-order valence-corrected chi connectivity index (χ0v) is 56.0. The number of phenolic OH excluding ortho intramolecular Hbond substituents is 1. The van der Waals surface area contributed by atoms with Crippen molar-refractivity contribution < 1.29 is 157 Å². The molecule has 14 rings (SSSR count). The van der Waals surface area contributed by atoms with Crippen LogP contribution in [0.15, 0.2) is 106 Å². The molecule has 3 aliphatic heterocycles. The number of hydrogen-bond donors (Lipinski definition) is 4. The molecule has 8 bridgehead atoms. The van der Waals surface area contributed by atoms with Crippen LogP contribution in [0.2, 0.25) is 0 Å². The molecule has 0 spiro atoms. The number of aryl methyl sites for hydroxylation is 1. The zero-order valence-electron chi connectivity index (χ0n) is 44.6. The molecule has 6 aromatic rings. The van der Waals surface area contributed by atoms with Crippen molar-refractivity contribution in [1.29, 1.82) is 0 Å². The number of aliphatic hydroxyl groups is 1. The van der Waals surface area contributed by atoms with Gasteiger partial charge in [-0.15, -0.1) is 0 Å². The third-order valence-electron chi connectivity index (χ3n) is 17.2. The van der Waals surface area contributed by atoms with Gasteiger partial charge in [0.05, 0.1) is 26.5 Å². The predicted molar refractivity (Wildman–Crippen MR) is 279 cm³/mol. The Morgan fingerprint density at radius 2 is 1.45 bits per heavy atom. The van der Waals surface area contributed by atoms with Gasteiger partial charge in [0.2, 0.25) is 0 Å². The normalized spacial score (nSPS) is 23.9. The summed E-state index contributed by atoms with van der Waals surface area (Å²) in [5.41, 5.74) is 2.74. The van der Waals surface area contributed by atoms with Gasteiger partial charge in [-0.05, 0) is 151 Å². The zero-order chi connectivity index (χ0) is 54.0. The van der Waals surface area contributed by atoms with Crippen molar-refractivity contribution in [2.75, 3.05) is 0 Å². The molecule has 0 saturated heterocycles. The Balaban J connectivity index is 0.00000188. The second-order valence-corrected chi connectivity index (χ2v) is 25.4. The minimum atomic E-state index is -5.02. The monoisotopic (exact) mass is 1230 g/mol. The second-order valence-electron chi connectivity index (χ2n) is 21.3. The molecule has 26 heteroatoms. The molecule has 0 radical (unpaired) electrons. The predicted octanol–water partition coefficient (Wildman–Crippen LogP) is -5.59. The fourth-order valence-corrected chi connectivity index (χ4v) is 14.9. The van der Waals surface area contributed by atoms with Crippen LogP contribution in [0.25, 0.3) is 68.1 Å². The molecule has 7 atom stereocenters. The Hall–Kier alpha value is -4.13. The summed E-state index contributed by atoms with van der Waals surface area (Å²) in [6.07, 6.45) is 12.7. The first-order chi connectivity index (χ1) is 37.1. The summed E-state index contributed by atoms with van der Waals surface area (Å²) in [5, 5.41) is 24.9. The SMILES string of the molecule is C[C@]12CC[C@@H]3c4ccc(O)cc4CC[C@H]3[C@@H]1CC[C@]2(O)C#Cc1cccc2c1=CC1C(=c3nc1nc1[nH]c(nc4nc(nc5[nH]c(n3)c3ccc(S(=O)(=O)[O-])cc53)-c3cc(S(=O)(=O)[O-])ccc3-4)=C3C=C(S(=O)(=O)[O-])C=CC31)C=2.[Na+].[Na+].[Na+].[Zn]. The number of phenols is 1. The smallest absolute Gasteiger partial charge is 0.744 e. The number of nitrogens with one attached hydrogen (secondary N) is 2. The fraction of sp³-hybridized carbons (Fsp3) is 0.250. The first kappa shape index (κ1) is 61.0. The van der Waals surface area contributed by atoms with Gasteiger partial charge in [0.1, 0.15) is 70.1 Å². The molecule has 5 aliphatic carbocycles. The first-order valence-electron chi connectivity index (χ1n) is 25.1. The fourth-order valence-electron chi connectivity index (χ4n) is 13.4. The van der Waals surface area contributed by atoms with Crippen LogP contribution in [0.1, 0.15) is 85.1 Å². The second kappa shape index (κ2) is 21.7. The maximum absolute atomic E-state index is 12.7. The number of hydrogen-bond acceptors (Lipinski definition) is 17. The van der Waals surface area contributed by atoms with Crippen molar-refractivity contribution in [3.8, 4) is 40.4 Å². The summed E-state index contributed by atoms with van der Waals surface area (Å²) >= 11 is 0. The number of benzene rings is 4. The van der Waals surface area contributed by atoms with Crippen LogP contribution in [0.3, 0.4) is 0 Å². The third-order valence-corrected chi connectivity index (χ3v) is 19.7. The van der Waals surface area contributed by atoms with E-state index >= 15 is 0 Å². The van der Waals surface area contributed by atoms with Gasteiger partial charge >= 0.3 is 88.7 Å². The van der Waals surface area contributed by atoms with Crippen LogP contribution in [0.5, 0.6) is 5.75 Å². The molecule has 5 heterocycles. The molecule has 8 aliphatic rings. The molecule has 2 fully saturated rings. The van der Waals surface area contributed by atoms with Crippen LogP contribution < -0.4 is 110 Å². The van der Waals surface area contributed by atoms with Crippen LogP contribution in [-0.4, -0.2) is 94.6 Å². The molecule has 4 N–H and O–H groups in total. The van der Waals surface area contributed by atoms with E-state index in [1.807, 2.05) is 36.4 Å². The molecular weight excluding hydrogens is 1190 g/mol. The molecule has 394 valence electrons.